The van der Waals surface area contributed by atoms with Gasteiger partial charge in [-0.2, -0.15) is 10.1 Å². The molecule has 3 rings (SSSR count). The number of hydrogen-bond acceptors (Lipinski definition) is 4. The summed E-state index contributed by atoms with van der Waals surface area (Å²) in [5.74, 6) is 0.452. The van der Waals surface area contributed by atoms with Crippen LogP contribution < -0.4 is 4.74 Å². The summed E-state index contributed by atoms with van der Waals surface area (Å²) in [5.41, 5.74) is 0.754. The minimum Gasteiger partial charge on any atom is -0.471 e. The standard InChI is InChI=1S/C10H9ClIN3O2/c11-7-4-15-9(8(12)3-13-15)14-10(7)17-6-1-2-16-5-6/h3-4,6H,1-2,5H2/t6-/m0/s1. The van der Waals surface area contributed by atoms with Crippen molar-refractivity contribution >= 4 is 39.8 Å². The first kappa shape index (κ1) is 11.5. The molecule has 1 aliphatic heterocycles. The number of ether oxygens (including phenoxy) is 2. The van der Waals surface area contributed by atoms with Crippen molar-refractivity contribution in [2.24, 2.45) is 0 Å². The van der Waals surface area contributed by atoms with Crippen LogP contribution in [0.2, 0.25) is 5.02 Å². The van der Waals surface area contributed by atoms with Crippen LogP contribution in [-0.2, 0) is 4.74 Å². The van der Waals surface area contributed by atoms with Crippen molar-refractivity contribution in [2.75, 3.05) is 13.2 Å². The Balaban J connectivity index is 1.96. The Kier molecular flexibility index (Phi) is 3.10. The first-order valence-corrected chi connectivity index (χ1v) is 6.63. The van der Waals surface area contributed by atoms with Gasteiger partial charge in [0, 0.05) is 6.42 Å². The first-order chi connectivity index (χ1) is 8.24. The van der Waals surface area contributed by atoms with Gasteiger partial charge >= 0.3 is 0 Å². The molecular weight excluding hydrogens is 356 g/mol. The Labute approximate surface area is 116 Å². The maximum absolute atomic E-state index is 6.10. The van der Waals surface area contributed by atoms with Gasteiger partial charge in [0.2, 0.25) is 5.88 Å². The smallest absolute Gasteiger partial charge is 0.236 e. The molecule has 0 radical (unpaired) electrons. The molecule has 0 unspecified atom stereocenters. The quantitative estimate of drug-likeness (QED) is 0.765. The highest BCUT2D eigenvalue weighted by Gasteiger charge is 2.20. The molecule has 1 aliphatic rings. The van der Waals surface area contributed by atoms with Crippen molar-refractivity contribution in [3.05, 3.63) is 21.0 Å². The molecule has 1 saturated heterocycles. The Bertz CT molecular complexity index is 554. The molecule has 2 aromatic heterocycles. The van der Waals surface area contributed by atoms with E-state index < -0.39 is 0 Å². The second-order valence-corrected chi connectivity index (χ2v) is 5.33. The van der Waals surface area contributed by atoms with E-state index in [1.165, 1.54) is 0 Å². The average Bonchev–Trinajstić information content (AvgIpc) is 2.92. The number of fused-ring (bicyclic) bond motifs is 1. The van der Waals surface area contributed by atoms with Crippen LogP contribution in [0.15, 0.2) is 12.4 Å². The van der Waals surface area contributed by atoms with Gasteiger partial charge in [0.25, 0.3) is 0 Å². The highest BCUT2D eigenvalue weighted by Crippen LogP contribution is 2.26. The fraction of sp³-hybridized carbons (Fsp3) is 0.400. The Morgan fingerprint density at radius 1 is 1.59 bits per heavy atom. The molecule has 1 fully saturated rings. The largest absolute Gasteiger partial charge is 0.471 e. The van der Waals surface area contributed by atoms with Crippen molar-refractivity contribution in [3.8, 4) is 5.88 Å². The van der Waals surface area contributed by atoms with E-state index in [9.17, 15) is 0 Å². The summed E-state index contributed by atoms with van der Waals surface area (Å²) in [6.07, 6.45) is 4.36. The lowest BCUT2D eigenvalue weighted by Gasteiger charge is -2.12. The van der Waals surface area contributed by atoms with E-state index in [1.54, 1.807) is 16.9 Å². The predicted molar refractivity (Wildman–Crippen MR) is 70.6 cm³/mol. The molecule has 0 aromatic carbocycles. The van der Waals surface area contributed by atoms with Crippen molar-refractivity contribution in [3.63, 3.8) is 0 Å². The van der Waals surface area contributed by atoms with E-state index in [0.29, 0.717) is 17.5 Å². The minimum absolute atomic E-state index is 0.0445. The zero-order chi connectivity index (χ0) is 11.8. The summed E-state index contributed by atoms with van der Waals surface area (Å²) in [4.78, 5) is 4.38. The Hall–Kier alpha value is -0.600. The summed E-state index contributed by atoms with van der Waals surface area (Å²) in [6.45, 7) is 1.33. The van der Waals surface area contributed by atoms with Crippen molar-refractivity contribution in [1.29, 1.82) is 0 Å². The van der Waals surface area contributed by atoms with Crippen molar-refractivity contribution < 1.29 is 9.47 Å². The third kappa shape index (κ3) is 2.21. The van der Waals surface area contributed by atoms with Gasteiger partial charge in [0.1, 0.15) is 11.1 Å². The first-order valence-electron chi connectivity index (χ1n) is 5.18. The van der Waals surface area contributed by atoms with Gasteiger partial charge in [-0.25, -0.2) is 4.52 Å². The van der Waals surface area contributed by atoms with E-state index in [-0.39, 0.29) is 6.10 Å². The van der Waals surface area contributed by atoms with Crippen LogP contribution in [0.4, 0.5) is 0 Å². The second-order valence-electron chi connectivity index (χ2n) is 3.76. The highest BCUT2D eigenvalue weighted by atomic mass is 127. The van der Waals surface area contributed by atoms with E-state index in [2.05, 4.69) is 32.7 Å². The van der Waals surface area contributed by atoms with E-state index in [0.717, 1.165) is 22.2 Å². The molecular formula is C10H9ClIN3O2. The summed E-state index contributed by atoms with van der Waals surface area (Å²) in [7, 11) is 0. The molecule has 5 nitrogen and oxygen atoms in total. The van der Waals surface area contributed by atoms with Crippen molar-refractivity contribution in [2.45, 2.75) is 12.5 Å². The summed E-state index contributed by atoms with van der Waals surface area (Å²) in [5, 5.41) is 4.60. The lowest BCUT2D eigenvalue weighted by Crippen LogP contribution is -2.17. The number of hydrogen-bond donors (Lipinski definition) is 0. The highest BCUT2D eigenvalue weighted by molar-refractivity contribution is 14.1. The minimum atomic E-state index is 0.0445. The lowest BCUT2D eigenvalue weighted by atomic mass is 10.3. The SMILES string of the molecule is Clc1cn2ncc(I)c2nc1O[C@H]1CCOC1. The molecule has 3 heterocycles. The van der Waals surface area contributed by atoms with Gasteiger partial charge < -0.3 is 9.47 Å². The molecule has 0 amide bonds. The maximum atomic E-state index is 6.10. The number of nitrogens with zero attached hydrogens (tertiary/aromatic N) is 3. The summed E-state index contributed by atoms with van der Waals surface area (Å²) in [6, 6.07) is 0. The molecule has 1 atom stereocenters. The van der Waals surface area contributed by atoms with Gasteiger partial charge in [0.15, 0.2) is 5.65 Å². The molecule has 17 heavy (non-hydrogen) atoms. The molecule has 0 saturated carbocycles. The molecule has 0 aliphatic carbocycles. The molecule has 90 valence electrons. The fourth-order valence-electron chi connectivity index (χ4n) is 1.69. The molecule has 2 aromatic rings. The normalized spacial score (nSPS) is 20.0. The Morgan fingerprint density at radius 2 is 2.47 bits per heavy atom. The van der Waals surface area contributed by atoms with Gasteiger partial charge in [-0.3, -0.25) is 0 Å². The lowest BCUT2D eigenvalue weighted by molar-refractivity contribution is 0.138. The number of aromatic nitrogens is 3. The zero-order valence-electron chi connectivity index (χ0n) is 8.77. The van der Waals surface area contributed by atoms with Crippen LogP contribution in [0.5, 0.6) is 5.88 Å². The van der Waals surface area contributed by atoms with E-state index in [4.69, 9.17) is 21.1 Å². The third-order valence-corrected chi connectivity index (χ3v) is 3.56. The second kappa shape index (κ2) is 4.58. The zero-order valence-corrected chi connectivity index (χ0v) is 11.7. The van der Waals surface area contributed by atoms with E-state index in [1.807, 2.05) is 0 Å². The van der Waals surface area contributed by atoms with Gasteiger partial charge in [-0.1, -0.05) is 11.6 Å². The Morgan fingerprint density at radius 3 is 3.24 bits per heavy atom. The van der Waals surface area contributed by atoms with Crippen LogP contribution in [0, 0.1) is 3.57 Å². The summed E-state index contributed by atoms with van der Waals surface area (Å²) < 4.78 is 13.6. The van der Waals surface area contributed by atoms with Gasteiger partial charge in [-0.15, -0.1) is 0 Å². The third-order valence-electron chi connectivity index (χ3n) is 2.54. The van der Waals surface area contributed by atoms with Crippen LogP contribution in [0.25, 0.3) is 5.65 Å². The number of halogens is 2. The maximum Gasteiger partial charge on any atom is 0.236 e. The molecule has 0 N–H and O–H groups in total. The van der Waals surface area contributed by atoms with Gasteiger partial charge in [0.05, 0.1) is 29.2 Å². The molecule has 0 bridgehead atoms. The molecule has 7 heteroatoms. The van der Waals surface area contributed by atoms with E-state index >= 15 is 0 Å². The van der Waals surface area contributed by atoms with Gasteiger partial charge in [-0.05, 0) is 22.6 Å². The van der Waals surface area contributed by atoms with Crippen molar-refractivity contribution in [1.82, 2.24) is 14.6 Å². The monoisotopic (exact) mass is 365 g/mol. The number of rotatable bonds is 2. The van der Waals surface area contributed by atoms with Crippen LogP contribution in [-0.4, -0.2) is 33.9 Å². The average molecular weight is 366 g/mol. The van der Waals surface area contributed by atoms with Crippen LogP contribution >= 0.6 is 34.2 Å². The van der Waals surface area contributed by atoms with Crippen LogP contribution in [0.1, 0.15) is 6.42 Å². The summed E-state index contributed by atoms with van der Waals surface area (Å²) >= 11 is 8.28. The molecule has 0 spiro atoms. The predicted octanol–water partition coefficient (Wildman–Crippen LogP) is 2.15. The topological polar surface area (TPSA) is 48.7 Å². The van der Waals surface area contributed by atoms with Crippen LogP contribution in [0.3, 0.4) is 0 Å². The fourth-order valence-corrected chi connectivity index (χ4v) is 2.36.